The highest BCUT2D eigenvalue weighted by atomic mass is 15.3. The molecule has 1 atom stereocenters. The van der Waals surface area contributed by atoms with E-state index in [1.165, 1.54) is 16.7 Å². The predicted molar refractivity (Wildman–Crippen MR) is 70.0 cm³/mol. The predicted octanol–water partition coefficient (Wildman–Crippen LogP) is 2.52. The highest BCUT2D eigenvalue weighted by Crippen LogP contribution is 2.13. The Hall–Kier alpha value is -1.61. The van der Waals surface area contributed by atoms with Gasteiger partial charge in [0.25, 0.3) is 0 Å². The first kappa shape index (κ1) is 11.9. The molecule has 2 rings (SSSR count). The largest absolute Gasteiger partial charge is 0.313 e. The third kappa shape index (κ3) is 2.74. The zero-order valence-corrected chi connectivity index (χ0v) is 10.6. The molecule has 0 spiro atoms. The molecule has 3 heteroatoms. The number of nitrogens with zero attached hydrogens (tertiary/aromatic N) is 2. The standard InChI is InChI=1S/C14H19N3/c1-11-6-4-5-7-13(11)9-17-10-14(8-16-17)12(2)15-3/h4-8,10,12,15H,9H2,1-3H3. The van der Waals surface area contributed by atoms with Crippen LogP contribution in [0.5, 0.6) is 0 Å². The molecular formula is C14H19N3. The van der Waals surface area contributed by atoms with Crippen LogP contribution in [0.25, 0.3) is 0 Å². The lowest BCUT2D eigenvalue weighted by Crippen LogP contribution is -2.11. The zero-order chi connectivity index (χ0) is 12.3. The van der Waals surface area contributed by atoms with Gasteiger partial charge in [-0.3, -0.25) is 4.68 Å². The van der Waals surface area contributed by atoms with Crippen LogP contribution in [0.1, 0.15) is 29.7 Å². The monoisotopic (exact) mass is 229 g/mol. The van der Waals surface area contributed by atoms with E-state index in [9.17, 15) is 0 Å². The van der Waals surface area contributed by atoms with Crippen molar-refractivity contribution in [3.63, 3.8) is 0 Å². The van der Waals surface area contributed by atoms with Gasteiger partial charge in [0.15, 0.2) is 0 Å². The summed E-state index contributed by atoms with van der Waals surface area (Å²) in [5, 5.41) is 7.61. The van der Waals surface area contributed by atoms with Crippen LogP contribution in [0.15, 0.2) is 36.7 Å². The molecule has 0 fully saturated rings. The fraction of sp³-hybridized carbons (Fsp3) is 0.357. The normalized spacial score (nSPS) is 12.6. The van der Waals surface area contributed by atoms with Crippen LogP contribution < -0.4 is 5.32 Å². The lowest BCUT2D eigenvalue weighted by Gasteiger charge is -2.07. The van der Waals surface area contributed by atoms with Crippen molar-refractivity contribution in [3.05, 3.63) is 53.3 Å². The van der Waals surface area contributed by atoms with E-state index in [2.05, 4.69) is 54.7 Å². The van der Waals surface area contributed by atoms with E-state index in [4.69, 9.17) is 0 Å². The summed E-state index contributed by atoms with van der Waals surface area (Å²) in [5.41, 5.74) is 3.85. The maximum atomic E-state index is 4.40. The van der Waals surface area contributed by atoms with Crippen LogP contribution in [-0.2, 0) is 6.54 Å². The third-order valence-corrected chi connectivity index (χ3v) is 3.18. The topological polar surface area (TPSA) is 29.9 Å². The van der Waals surface area contributed by atoms with Crippen LogP contribution in [-0.4, -0.2) is 16.8 Å². The number of aromatic nitrogens is 2. The first-order valence-electron chi connectivity index (χ1n) is 5.95. The average Bonchev–Trinajstić information content (AvgIpc) is 2.80. The van der Waals surface area contributed by atoms with E-state index in [0.717, 1.165) is 6.54 Å². The van der Waals surface area contributed by atoms with Gasteiger partial charge in [-0.05, 0) is 32.0 Å². The molecule has 0 aliphatic heterocycles. The second kappa shape index (κ2) is 5.15. The second-order valence-electron chi connectivity index (χ2n) is 4.41. The molecule has 0 aliphatic carbocycles. The van der Waals surface area contributed by atoms with Crippen LogP contribution in [0.4, 0.5) is 0 Å². The number of hydrogen-bond acceptors (Lipinski definition) is 2. The first-order chi connectivity index (χ1) is 8.20. The molecule has 0 bridgehead atoms. The Morgan fingerprint density at radius 3 is 2.82 bits per heavy atom. The number of hydrogen-bond donors (Lipinski definition) is 1. The molecule has 1 aromatic heterocycles. The fourth-order valence-electron chi connectivity index (χ4n) is 1.82. The zero-order valence-electron chi connectivity index (χ0n) is 10.6. The number of rotatable bonds is 4. The van der Waals surface area contributed by atoms with Gasteiger partial charge in [0.05, 0.1) is 12.7 Å². The van der Waals surface area contributed by atoms with Gasteiger partial charge in [-0.25, -0.2) is 0 Å². The molecule has 0 saturated heterocycles. The van der Waals surface area contributed by atoms with Crippen molar-refractivity contribution in [1.29, 1.82) is 0 Å². The summed E-state index contributed by atoms with van der Waals surface area (Å²) in [4.78, 5) is 0. The smallest absolute Gasteiger partial charge is 0.0662 e. The van der Waals surface area contributed by atoms with Crippen molar-refractivity contribution in [3.8, 4) is 0 Å². The summed E-state index contributed by atoms with van der Waals surface area (Å²) < 4.78 is 1.99. The van der Waals surface area contributed by atoms with E-state index in [0.29, 0.717) is 6.04 Å². The lowest BCUT2D eigenvalue weighted by molar-refractivity contribution is 0.646. The van der Waals surface area contributed by atoms with Gasteiger partial charge in [0.2, 0.25) is 0 Å². The van der Waals surface area contributed by atoms with Crippen LogP contribution >= 0.6 is 0 Å². The molecule has 17 heavy (non-hydrogen) atoms. The van der Waals surface area contributed by atoms with Crippen LogP contribution in [0.2, 0.25) is 0 Å². The van der Waals surface area contributed by atoms with Gasteiger partial charge in [-0.1, -0.05) is 24.3 Å². The molecule has 90 valence electrons. The molecule has 0 amide bonds. The van der Waals surface area contributed by atoms with Crippen molar-refractivity contribution in [2.45, 2.75) is 26.4 Å². The summed E-state index contributed by atoms with van der Waals surface area (Å²) in [6.45, 7) is 5.11. The van der Waals surface area contributed by atoms with Gasteiger partial charge in [-0.15, -0.1) is 0 Å². The minimum absolute atomic E-state index is 0.348. The number of nitrogens with one attached hydrogen (secondary N) is 1. The molecule has 1 heterocycles. The van der Waals surface area contributed by atoms with Crippen LogP contribution in [0.3, 0.4) is 0 Å². The van der Waals surface area contributed by atoms with E-state index in [1.54, 1.807) is 0 Å². The summed E-state index contributed by atoms with van der Waals surface area (Å²) in [6.07, 6.45) is 4.03. The van der Waals surface area contributed by atoms with Crippen molar-refractivity contribution < 1.29 is 0 Å². The first-order valence-corrected chi connectivity index (χ1v) is 5.95. The molecule has 3 nitrogen and oxygen atoms in total. The average molecular weight is 229 g/mol. The third-order valence-electron chi connectivity index (χ3n) is 3.18. The quantitative estimate of drug-likeness (QED) is 0.873. The molecule has 0 saturated carbocycles. The van der Waals surface area contributed by atoms with E-state index >= 15 is 0 Å². The Labute approximate surface area is 102 Å². The van der Waals surface area contributed by atoms with E-state index < -0.39 is 0 Å². The summed E-state index contributed by atoms with van der Waals surface area (Å²) >= 11 is 0. The van der Waals surface area contributed by atoms with Crippen molar-refractivity contribution >= 4 is 0 Å². The fourth-order valence-corrected chi connectivity index (χ4v) is 1.82. The van der Waals surface area contributed by atoms with Gasteiger partial charge >= 0.3 is 0 Å². The van der Waals surface area contributed by atoms with E-state index in [1.807, 2.05) is 17.9 Å². The Bertz CT molecular complexity index is 488. The summed E-state index contributed by atoms with van der Waals surface area (Å²) in [7, 11) is 1.96. The van der Waals surface area contributed by atoms with Crippen molar-refractivity contribution in [2.24, 2.45) is 0 Å². The van der Waals surface area contributed by atoms with Crippen molar-refractivity contribution in [1.82, 2.24) is 15.1 Å². The molecule has 2 aromatic rings. The molecule has 1 unspecified atom stereocenters. The summed E-state index contributed by atoms with van der Waals surface area (Å²) in [5.74, 6) is 0. The number of aryl methyl sites for hydroxylation is 1. The van der Waals surface area contributed by atoms with E-state index in [-0.39, 0.29) is 0 Å². The molecule has 0 aliphatic rings. The van der Waals surface area contributed by atoms with Crippen LogP contribution in [0, 0.1) is 6.92 Å². The SMILES string of the molecule is CNC(C)c1cnn(Cc2ccccc2C)c1. The minimum atomic E-state index is 0.348. The van der Waals surface area contributed by atoms with Crippen molar-refractivity contribution in [2.75, 3.05) is 7.05 Å². The molecule has 1 N–H and O–H groups in total. The molecular weight excluding hydrogens is 210 g/mol. The Kier molecular flexibility index (Phi) is 3.59. The Morgan fingerprint density at radius 2 is 2.12 bits per heavy atom. The number of benzene rings is 1. The van der Waals surface area contributed by atoms with Gasteiger partial charge < -0.3 is 5.32 Å². The minimum Gasteiger partial charge on any atom is -0.313 e. The highest BCUT2D eigenvalue weighted by Gasteiger charge is 2.06. The Balaban J connectivity index is 2.14. The Morgan fingerprint density at radius 1 is 1.35 bits per heavy atom. The maximum Gasteiger partial charge on any atom is 0.0662 e. The molecule has 1 aromatic carbocycles. The summed E-state index contributed by atoms with van der Waals surface area (Å²) in [6, 6.07) is 8.77. The van der Waals surface area contributed by atoms with Gasteiger partial charge in [-0.2, -0.15) is 5.10 Å². The highest BCUT2D eigenvalue weighted by molar-refractivity contribution is 5.25. The van der Waals surface area contributed by atoms with Gasteiger partial charge in [0, 0.05) is 17.8 Å². The van der Waals surface area contributed by atoms with Gasteiger partial charge in [0.1, 0.15) is 0 Å². The maximum absolute atomic E-state index is 4.40. The molecule has 0 radical (unpaired) electrons. The second-order valence-corrected chi connectivity index (χ2v) is 4.41. The lowest BCUT2D eigenvalue weighted by atomic mass is 10.1.